The molecule has 3 nitrogen and oxygen atoms in total. The fraction of sp³-hybridized carbons (Fsp3) is 0.452. The third-order valence-electron chi connectivity index (χ3n) is 8.24. The van der Waals surface area contributed by atoms with Crippen molar-refractivity contribution in [3.63, 3.8) is 0 Å². The van der Waals surface area contributed by atoms with Crippen LogP contribution in [0.2, 0.25) is 0 Å². The zero-order valence-corrected chi connectivity index (χ0v) is 22.3. The highest BCUT2D eigenvalue weighted by atomic mass is 32.1. The van der Waals surface area contributed by atoms with Crippen molar-refractivity contribution < 1.29 is 9.18 Å². The monoisotopic (exact) mass is 504 g/mol. The molecule has 1 saturated carbocycles. The summed E-state index contributed by atoms with van der Waals surface area (Å²) in [5, 5.41) is 2.18. The molecule has 0 spiro atoms. The number of halogens is 1. The molecule has 5 rings (SSSR count). The maximum absolute atomic E-state index is 13.8. The van der Waals surface area contributed by atoms with E-state index in [1.165, 1.54) is 53.0 Å². The fourth-order valence-corrected chi connectivity index (χ4v) is 7.15. The number of aryl methyl sites for hydroxylation is 2. The van der Waals surface area contributed by atoms with Crippen molar-refractivity contribution >= 4 is 17.2 Å². The third-order valence-corrected chi connectivity index (χ3v) is 9.25. The molecule has 2 aliphatic rings. The number of carbonyl (C=O) groups is 1. The van der Waals surface area contributed by atoms with Crippen LogP contribution in [0.4, 0.5) is 4.39 Å². The van der Waals surface area contributed by atoms with E-state index in [9.17, 15) is 9.18 Å². The Hall–Kier alpha value is -2.50. The Balaban J connectivity index is 1.43. The summed E-state index contributed by atoms with van der Waals surface area (Å²) in [4.78, 5) is 20.0. The number of thiophene rings is 1. The Morgan fingerprint density at radius 3 is 2.42 bits per heavy atom. The van der Waals surface area contributed by atoms with E-state index in [-0.39, 0.29) is 17.8 Å². The van der Waals surface area contributed by atoms with Crippen LogP contribution < -0.4 is 0 Å². The maximum atomic E-state index is 13.8. The van der Waals surface area contributed by atoms with Crippen molar-refractivity contribution in [2.75, 3.05) is 19.6 Å². The third kappa shape index (κ3) is 5.57. The molecule has 1 saturated heterocycles. The van der Waals surface area contributed by atoms with Crippen molar-refractivity contribution in [3.05, 3.63) is 92.9 Å². The van der Waals surface area contributed by atoms with E-state index < -0.39 is 0 Å². The summed E-state index contributed by atoms with van der Waals surface area (Å²) in [6, 6.07) is 17.3. The van der Waals surface area contributed by atoms with Crippen molar-refractivity contribution in [2.45, 2.75) is 64.5 Å². The molecule has 36 heavy (non-hydrogen) atoms. The average molecular weight is 505 g/mol. The average Bonchev–Trinajstić information content (AvgIpc) is 3.49. The molecule has 2 aromatic carbocycles. The minimum atomic E-state index is -0.300. The second kappa shape index (κ2) is 11.3. The highest BCUT2D eigenvalue weighted by Gasteiger charge is 2.38. The normalized spacial score (nSPS) is 21.1. The van der Waals surface area contributed by atoms with Gasteiger partial charge in [0.25, 0.3) is 5.91 Å². The number of nitrogens with zero attached hydrogens (tertiary/aromatic N) is 2. The highest BCUT2D eigenvalue weighted by Crippen LogP contribution is 2.38. The largest absolute Gasteiger partial charge is 0.335 e. The van der Waals surface area contributed by atoms with Gasteiger partial charge in [0.15, 0.2) is 0 Å². The zero-order chi connectivity index (χ0) is 25.1. The minimum absolute atomic E-state index is 0.0537. The van der Waals surface area contributed by atoms with Crippen LogP contribution >= 0.6 is 11.3 Å². The van der Waals surface area contributed by atoms with Crippen molar-refractivity contribution in [1.82, 2.24) is 9.80 Å². The van der Waals surface area contributed by atoms with Gasteiger partial charge in [0.1, 0.15) is 5.82 Å². The van der Waals surface area contributed by atoms with Crippen molar-refractivity contribution in [1.29, 1.82) is 0 Å². The van der Waals surface area contributed by atoms with Crippen molar-refractivity contribution in [3.8, 4) is 0 Å². The standard InChI is InChI=1S/C31H37FN2OS/c1-22-8-6-7-11-28(22)29-20-33(21-30-23(2)16-17-36-30)18-25(29)19-34(27-9-4-3-5-10-27)31(35)24-12-14-26(32)15-13-24/h6-8,11-17,25,27,29H,3-5,9-10,18-21H2,1-2H3/t25-,29+/m1/s1. The van der Waals surface area contributed by atoms with Gasteiger partial charge < -0.3 is 4.90 Å². The maximum Gasteiger partial charge on any atom is 0.254 e. The van der Waals surface area contributed by atoms with Gasteiger partial charge in [0.2, 0.25) is 0 Å². The molecule has 190 valence electrons. The SMILES string of the molecule is Cc1ccccc1[C@H]1CN(Cc2sccc2C)C[C@@H]1CN(C(=O)c1ccc(F)cc1)C1CCCCC1. The van der Waals surface area contributed by atoms with Crippen LogP contribution in [0, 0.1) is 25.6 Å². The predicted molar refractivity (Wildman–Crippen MR) is 146 cm³/mol. The Morgan fingerprint density at radius 2 is 1.72 bits per heavy atom. The molecule has 1 amide bonds. The van der Waals surface area contributed by atoms with Crippen molar-refractivity contribution in [2.24, 2.45) is 5.92 Å². The van der Waals surface area contributed by atoms with Gasteiger partial charge in [-0.2, -0.15) is 0 Å². The smallest absolute Gasteiger partial charge is 0.254 e. The van der Waals surface area contributed by atoms with E-state index in [2.05, 4.69) is 59.4 Å². The fourth-order valence-electron chi connectivity index (χ4n) is 6.20. The molecule has 0 N–H and O–H groups in total. The molecule has 2 fully saturated rings. The minimum Gasteiger partial charge on any atom is -0.335 e. The molecule has 0 unspecified atom stereocenters. The quantitative estimate of drug-likeness (QED) is 0.340. The first-order valence-electron chi connectivity index (χ1n) is 13.4. The first-order chi connectivity index (χ1) is 17.5. The molecule has 3 aromatic rings. The van der Waals surface area contributed by atoms with Gasteiger partial charge in [-0.15, -0.1) is 11.3 Å². The van der Waals surface area contributed by atoms with Crippen LogP contribution in [0.25, 0.3) is 0 Å². The van der Waals surface area contributed by atoms with E-state index in [0.29, 0.717) is 17.4 Å². The zero-order valence-electron chi connectivity index (χ0n) is 21.5. The van der Waals surface area contributed by atoms with Crippen LogP contribution in [0.3, 0.4) is 0 Å². The van der Waals surface area contributed by atoms with E-state index in [4.69, 9.17) is 0 Å². The number of rotatable bonds is 7. The highest BCUT2D eigenvalue weighted by molar-refractivity contribution is 7.10. The summed E-state index contributed by atoms with van der Waals surface area (Å²) in [5.74, 6) is 0.500. The lowest BCUT2D eigenvalue weighted by Gasteiger charge is -2.37. The summed E-state index contributed by atoms with van der Waals surface area (Å²) in [6.45, 7) is 8.12. The Labute approximate surface area is 218 Å². The molecule has 1 aromatic heterocycles. The van der Waals surface area contributed by atoms with Crippen LogP contribution in [-0.2, 0) is 6.54 Å². The van der Waals surface area contributed by atoms with Gasteiger partial charge in [0.05, 0.1) is 0 Å². The van der Waals surface area contributed by atoms with E-state index in [1.54, 1.807) is 12.1 Å². The van der Waals surface area contributed by atoms with Crippen LogP contribution in [0.15, 0.2) is 60.0 Å². The Morgan fingerprint density at radius 1 is 0.972 bits per heavy atom. The lowest BCUT2D eigenvalue weighted by Crippen LogP contribution is -2.45. The van der Waals surface area contributed by atoms with E-state index in [1.807, 2.05) is 11.3 Å². The van der Waals surface area contributed by atoms with Crippen LogP contribution in [0.5, 0.6) is 0 Å². The first-order valence-corrected chi connectivity index (χ1v) is 14.2. The number of benzene rings is 2. The second-order valence-corrected chi connectivity index (χ2v) is 11.7. The molecular formula is C31H37FN2OS. The number of likely N-dealkylation sites (tertiary alicyclic amines) is 1. The molecule has 1 aliphatic heterocycles. The van der Waals surface area contributed by atoms with Gasteiger partial charge in [0, 0.05) is 48.6 Å². The number of hydrogen-bond donors (Lipinski definition) is 0. The molecule has 5 heteroatoms. The molecular weight excluding hydrogens is 467 g/mol. The van der Waals surface area contributed by atoms with Crippen LogP contribution in [-0.4, -0.2) is 41.4 Å². The second-order valence-electron chi connectivity index (χ2n) is 10.7. The summed E-state index contributed by atoms with van der Waals surface area (Å²) in [7, 11) is 0. The Kier molecular flexibility index (Phi) is 7.87. The number of amides is 1. The number of carbonyl (C=O) groups excluding carboxylic acids is 1. The summed E-state index contributed by atoms with van der Waals surface area (Å²) in [5.41, 5.74) is 4.70. The first kappa shape index (κ1) is 25.2. The van der Waals surface area contributed by atoms with E-state index in [0.717, 1.165) is 39.0 Å². The molecule has 2 heterocycles. The summed E-state index contributed by atoms with van der Waals surface area (Å²) < 4.78 is 13.6. The van der Waals surface area contributed by atoms with Gasteiger partial charge in [-0.1, -0.05) is 43.5 Å². The lowest BCUT2D eigenvalue weighted by molar-refractivity contribution is 0.0588. The Bertz CT molecular complexity index is 1170. The summed E-state index contributed by atoms with van der Waals surface area (Å²) >= 11 is 1.84. The number of hydrogen-bond acceptors (Lipinski definition) is 3. The summed E-state index contributed by atoms with van der Waals surface area (Å²) in [6.07, 6.45) is 5.72. The lowest BCUT2D eigenvalue weighted by atomic mass is 9.85. The molecule has 1 aliphatic carbocycles. The predicted octanol–water partition coefficient (Wildman–Crippen LogP) is 7.19. The molecule has 2 atom stereocenters. The van der Waals surface area contributed by atoms with E-state index >= 15 is 0 Å². The van der Waals surface area contributed by atoms with Gasteiger partial charge >= 0.3 is 0 Å². The van der Waals surface area contributed by atoms with Gasteiger partial charge in [-0.25, -0.2) is 4.39 Å². The van der Waals surface area contributed by atoms with Crippen LogP contribution in [0.1, 0.15) is 69.9 Å². The molecule has 0 bridgehead atoms. The van der Waals surface area contributed by atoms with Gasteiger partial charge in [-0.3, -0.25) is 9.69 Å². The van der Waals surface area contributed by atoms with Gasteiger partial charge in [-0.05, 0) is 85.0 Å². The molecule has 0 radical (unpaired) electrons. The topological polar surface area (TPSA) is 23.6 Å².